The van der Waals surface area contributed by atoms with Crippen molar-refractivity contribution in [1.82, 2.24) is 14.8 Å². The Kier molecular flexibility index (Phi) is 5.41. The molecular weight excluding hydrogens is 386 g/mol. The molecule has 8 heteroatoms. The van der Waals surface area contributed by atoms with Gasteiger partial charge in [-0.1, -0.05) is 0 Å². The quantitative estimate of drug-likeness (QED) is 0.458. The molecule has 0 saturated carbocycles. The number of likely N-dealkylation sites (N-methyl/N-ethyl adjacent to an activating group) is 1. The molecule has 0 spiro atoms. The zero-order chi connectivity index (χ0) is 21.3. The van der Waals surface area contributed by atoms with Crippen LogP contribution in [0.3, 0.4) is 0 Å². The van der Waals surface area contributed by atoms with Gasteiger partial charge in [-0.3, -0.25) is 14.6 Å². The SMILES string of the molecule is CN(C)CCN1C(=O)C(=O)/C(=C(/O)c2ccc3c(c2)OCCO3)[C@H]1c1ccncc1. The number of amides is 1. The number of Topliss-reactive ketones (excluding diaryl/α,β-unsaturated/α-hetero) is 1. The van der Waals surface area contributed by atoms with Crippen LogP contribution in [0.4, 0.5) is 0 Å². The van der Waals surface area contributed by atoms with Crippen LogP contribution in [0.1, 0.15) is 17.2 Å². The third kappa shape index (κ3) is 3.61. The zero-order valence-electron chi connectivity index (χ0n) is 16.9. The van der Waals surface area contributed by atoms with Gasteiger partial charge < -0.3 is 24.4 Å². The molecule has 8 nitrogen and oxygen atoms in total. The average molecular weight is 409 g/mol. The summed E-state index contributed by atoms with van der Waals surface area (Å²) in [5, 5.41) is 11.1. The molecule has 2 aromatic rings. The lowest BCUT2D eigenvalue weighted by Gasteiger charge is -2.26. The molecule has 156 valence electrons. The number of pyridine rings is 1. The molecule has 2 aliphatic heterocycles. The predicted octanol–water partition coefficient (Wildman–Crippen LogP) is 1.84. The van der Waals surface area contributed by atoms with Crippen molar-refractivity contribution in [3.05, 3.63) is 59.4 Å². The number of hydrogen-bond donors (Lipinski definition) is 1. The maximum Gasteiger partial charge on any atom is 0.295 e. The molecule has 2 aliphatic rings. The highest BCUT2D eigenvalue weighted by Crippen LogP contribution is 2.40. The van der Waals surface area contributed by atoms with Crippen LogP contribution in [0.25, 0.3) is 5.76 Å². The first-order valence-corrected chi connectivity index (χ1v) is 9.70. The van der Waals surface area contributed by atoms with Gasteiger partial charge in [0.05, 0.1) is 11.6 Å². The van der Waals surface area contributed by atoms with Crippen molar-refractivity contribution in [2.24, 2.45) is 0 Å². The number of carbonyl (C=O) groups excluding carboxylic acids is 2. The molecule has 1 aromatic heterocycles. The Balaban J connectivity index is 1.81. The molecule has 1 fully saturated rings. The summed E-state index contributed by atoms with van der Waals surface area (Å²) in [4.78, 5) is 33.2. The van der Waals surface area contributed by atoms with Crippen molar-refractivity contribution in [1.29, 1.82) is 0 Å². The molecule has 0 radical (unpaired) electrons. The van der Waals surface area contributed by atoms with Crippen molar-refractivity contribution in [3.63, 3.8) is 0 Å². The first kappa shape index (κ1) is 19.9. The van der Waals surface area contributed by atoms with E-state index >= 15 is 0 Å². The third-order valence-corrected chi connectivity index (χ3v) is 5.17. The van der Waals surface area contributed by atoms with Gasteiger partial charge in [0.15, 0.2) is 11.5 Å². The molecule has 1 saturated heterocycles. The van der Waals surface area contributed by atoms with Crippen molar-refractivity contribution in [2.75, 3.05) is 40.4 Å². The second-order valence-corrected chi connectivity index (χ2v) is 7.43. The number of aliphatic hydroxyl groups excluding tert-OH is 1. The number of ether oxygens (including phenoxy) is 2. The number of nitrogens with zero attached hydrogens (tertiary/aromatic N) is 3. The molecule has 3 heterocycles. The summed E-state index contributed by atoms with van der Waals surface area (Å²) in [7, 11) is 3.79. The van der Waals surface area contributed by atoms with E-state index in [1.165, 1.54) is 4.90 Å². The van der Waals surface area contributed by atoms with E-state index in [4.69, 9.17) is 9.47 Å². The summed E-state index contributed by atoms with van der Waals surface area (Å²) in [6.07, 6.45) is 3.21. The van der Waals surface area contributed by atoms with Crippen molar-refractivity contribution in [2.45, 2.75) is 6.04 Å². The minimum Gasteiger partial charge on any atom is -0.507 e. The minimum atomic E-state index is -0.706. The van der Waals surface area contributed by atoms with Crippen molar-refractivity contribution < 1.29 is 24.2 Å². The Morgan fingerprint density at radius 1 is 1.13 bits per heavy atom. The molecule has 1 aromatic carbocycles. The monoisotopic (exact) mass is 409 g/mol. The zero-order valence-corrected chi connectivity index (χ0v) is 16.9. The lowest BCUT2D eigenvalue weighted by atomic mass is 9.96. The Labute approximate surface area is 174 Å². The van der Waals surface area contributed by atoms with Crippen LogP contribution in [-0.4, -0.2) is 72.0 Å². The van der Waals surface area contributed by atoms with Crippen LogP contribution < -0.4 is 9.47 Å². The molecule has 1 N–H and O–H groups in total. The lowest BCUT2D eigenvalue weighted by molar-refractivity contribution is -0.140. The first-order chi connectivity index (χ1) is 14.5. The number of rotatable bonds is 5. The molecule has 0 bridgehead atoms. The van der Waals surface area contributed by atoms with Crippen LogP contribution in [0.15, 0.2) is 48.3 Å². The van der Waals surface area contributed by atoms with Gasteiger partial charge in [0.1, 0.15) is 19.0 Å². The van der Waals surface area contributed by atoms with Gasteiger partial charge in [-0.25, -0.2) is 0 Å². The molecule has 1 amide bonds. The van der Waals surface area contributed by atoms with E-state index in [1.807, 2.05) is 19.0 Å². The number of carbonyl (C=O) groups is 2. The number of hydrogen-bond acceptors (Lipinski definition) is 7. The number of aliphatic hydroxyl groups is 1. The Morgan fingerprint density at radius 2 is 1.83 bits per heavy atom. The van der Waals surface area contributed by atoms with E-state index in [-0.39, 0.29) is 11.3 Å². The van der Waals surface area contributed by atoms with E-state index in [1.54, 1.807) is 42.7 Å². The van der Waals surface area contributed by atoms with E-state index < -0.39 is 17.7 Å². The Hall–Kier alpha value is -3.39. The smallest absolute Gasteiger partial charge is 0.295 e. The molecule has 4 rings (SSSR count). The normalized spacial score (nSPS) is 20.1. The van der Waals surface area contributed by atoms with Gasteiger partial charge in [0.25, 0.3) is 11.7 Å². The standard InChI is InChI=1S/C22H23N3O5/c1-24(2)9-10-25-19(14-5-7-23-8-6-14)18(21(27)22(25)28)20(26)15-3-4-16-17(13-15)30-12-11-29-16/h3-8,13,19,26H,9-12H2,1-2H3/b20-18+/t19-/m1/s1. The van der Waals surface area contributed by atoms with Gasteiger partial charge in [0.2, 0.25) is 0 Å². The number of aromatic nitrogens is 1. The van der Waals surface area contributed by atoms with Crippen LogP contribution >= 0.6 is 0 Å². The summed E-state index contributed by atoms with van der Waals surface area (Å²) in [6, 6.07) is 7.77. The first-order valence-electron chi connectivity index (χ1n) is 9.70. The Morgan fingerprint density at radius 3 is 2.53 bits per heavy atom. The summed E-state index contributed by atoms with van der Waals surface area (Å²) >= 11 is 0. The van der Waals surface area contributed by atoms with E-state index in [0.717, 1.165) is 0 Å². The second-order valence-electron chi connectivity index (χ2n) is 7.43. The molecule has 30 heavy (non-hydrogen) atoms. The number of ketones is 1. The molecule has 0 aliphatic carbocycles. The fourth-order valence-corrected chi connectivity index (χ4v) is 3.66. The van der Waals surface area contributed by atoms with Crippen LogP contribution in [0.2, 0.25) is 0 Å². The predicted molar refractivity (Wildman–Crippen MR) is 109 cm³/mol. The van der Waals surface area contributed by atoms with Gasteiger partial charge in [-0.15, -0.1) is 0 Å². The highest BCUT2D eigenvalue weighted by molar-refractivity contribution is 6.46. The van der Waals surface area contributed by atoms with Gasteiger partial charge in [-0.2, -0.15) is 0 Å². The van der Waals surface area contributed by atoms with Gasteiger partial charge >= 0.3 is 0 Å². The minimum absolute atomic E-state index is 0.0571. The average Bonchev–Trinajstić information content (AvgIpc) is 3.02. The van der Waals surface area contributed by atoms with Crippen molar-refractivity contribution >= 4 is 17.4 Å². The molecule has 0 unspecified atom stereocenters. The van der Waals surface area contributed by atoms with E-state index in [9.17, 15) is 14.7 Å². The number of likely N-dealkylation sites (tertiary alicyclic amines) is 1. The van der Waals surface area contributed by atoms with Crippen LogP contribution in [0, 0.1) is 0 Å². The topological polar surface area (TPSA) is 92.2 Å². The molecule has 1 atom stereocenters. The van der Waals surface area contributed by atoms with E-state index in [0.29, 0.717) is 48.9 Å². The lowest BCUT2D eigenvalue weighted by Crippen LogP contribution is -2.35. The summed E-state index contributed by atoms with van der Waals surface area (Å²) in [5.41, 5.74) is 1.16. The number of fused-ring (bicyclic) bond motifs is 1. The fraction of sp³-hybridized carbons (Fsp3) is 0.318. The summed E-state index contributed by atoms with van der Waals surface area (Å²) < 4.78 is 11.1. The van der Waals surface area contributed by atoms with E-state index in [2.05, 4.69) is 4.98 Å². The second kappa shape index (κ2) is 8.16. The largest absolute Gasteiger partial charge is 0.507 e. The fourth-order valence-electron chi connectivity index (χ4n) is 3.66. The van der Waals surface area contributed by atoms with Crippen molar-refractivity contribution in [3.8, 4) is 11.5 Å². The maximum absolute atomic E-state index is 13.0. The van der Waals surface area contributed by atoms with Crippen LogP contribution in [-0.2, 0) is 9.59 Å². The number of benzene rings is 1. The third-order valence-electron chi connectivity index (χ3n) is 5.17. The summed E-state index contributed by atoms with van der Waals surface area (Å²) in [6.45, 7) is 1.79. The Bertz CT molecular complexity index is 1000. The highest BCUT2D eigenvalue weighted by Gasteiger charge is 2.45. The van der Waals surface area contributed by atoms with Crippen LogP contribution in [0.5, 0.6) is 11.5 Å². The maximum atomic E-state index is 13.0. The van der Waals surface area contributed by atoms with Gasteiger partial charge in [0, 0.05) is 31.0 Å². The highest BCUT2D eigenvalue weighted by atomic mass is 16.6. The summed E-state index contributed by atoms with van der Waals surface area (Å²) in [5.74, 6) is -0.497. The molecular formula is C22H23N3O5. The van der Waals surface area contributed by atoms with Gasteiger partial charge in [-0.05, 0) is 50.0 Å².